The zero-order valence-corrected chi connectivity index (χ0v) is 18.6. The van der Waals surface area contributed by atoms with Crippen molar-refractivity contribution >= 4 is 45.7 Å². The van der Waals surface area contributed by atoms with Gasteiger partial charge in [0, 0.05) is 16.3 Å². The normalized spacial score (nSPS) is 10.8. The van der Waals surface area contributed by atoms with E-state index in [1.165, 1.54) is 29.2 Å². The Labute approximate surface area is 192 Å². The second-order valence-corrected chi connectivity index (χ2v) is 9.26. The molecule has 0 unspecified atom stereocenters. The van der Waals surface area contributed by atoms with Crippen LogP contribution in [0, 0.1) is 5.82 Å². The van der Waals surface area contributed by atoms with Crippen LogP contribution in [0.1, 0.15) is 11.1 Å². The highest BCUT2D eigenvalue weighted by atomic mass is 35.5. The Bertz CT molecular complexity index is 1160. The van der Waals surface area contributed by atoms with Crippen LogP contribution in [0.3, 0.4) is 0 Å². The first-order chi connectivity index (χ1) is 15.1. The van der Waals surface area contributed by atoms with Gasteiger partial charge in [-0.05, 0) is 28.8 Å². The van der Waals surface area contributed by atoms with E-state index < -0.39 is 0 Å². The van der Waals surface area contributed by atoms with Gasteiger partial charge in [0.25, 0.3) is 0 Å². The van der Waals surface area contributed by atoms with Crippen LogP contribution in [0.4, 0.5) is 9.52 Å². The molecule has 0 atom stereocenters. The van der Waals surface area contributed by atoms with Crippen molar-refractivity contribution in [3.05, 3.63) is 94.8 Å². The molecule has 8 heteroatoms. The molecule has 1 amide bonds. The highest BCUT2D eigenvalue weighted by molar-refractivity contribution is 8.00. The minimum Gasteiger partial charge on any atom is -0.300 e. The highest BCUT2D eigenvalue weighted by Crippen LogP contribution is 2.31. The average Bonchev–Trinajstić information content (AvgIpc) is 3.21. The summed E-state index contributed by atoms with van der Waals surface area (Å²) in [7, 11) is 0. The Balaban J connectivity index is 1.32. The number of aromatic nitrogens is 2. The summed E-state index contributed by atoms with van der Waals surface area (Å²) in [6, 6.07) is 22.6. The van der Waals surface area contributed by atoms with Gasteiger partial charge in [0.05, 0.1) is 6.42 Å². The number of rotatable bonds is 7. The molecule has 0 aliphatic heterocycles. The number of hydrogen-bond donors (Lipinski definition) is 1. The summed E-state index contributed by atoms with van der Waals surface area (Å²) in [6.07, 6.45) is 0.238. The maximum atomic E-state index is 13.9. The molecule has 4 nitrogen and oxygen atoms in total. The summed E-state index contributed by atoms with van der Waals surface area (Å²) in [4.78, 5) is 12.4. The van der Waals surface area contributed by atoms with Crippen molar-refractivity contribution in [2.75, 3.05) is 5.32 Å². The molecular formula is C23H17ClFN3OS2. The molecule has 0 saturated carbocycles. The molecule has 1 aromatic heterocycles. The first kappa shape index (κ1) is 21.5. The van der Waals surface area contributed by atoms with Crippen molar-refractivity contribution in [1.82, 2.24) is 10.2 Å². The minimum absolute atomic E-state index is 0.169. The fourth-order valence-corrected chi connectivity index (χ4v) is 5.03. The third kappa shape index (κ3) is 5.70. The monoisotopic (exact) mass is 469 g/mol. The number of carbonyl (C=O) groups is 1. The van der Waals surface area contributed by atoms with Crippen molar-refractivity contribution < 1.29 is 9.18 Å². The average molecular weight is 470 g/mol. The van der Waals surface area contributed by atoms with Crippen LogP contribution in [0.2, 0.25) is 5.02 Å². The third-order valence-corrected chi connectivity index (χ3v) is 6.83. The van der Waals surface area contributed by atoms with Gasteiger partial charge < -0.3 is 5.32 Å². The van der Waals surface area contributed by atoms with Crippen LogP contribution in [0.25, 0.3) is 11.1 Å². The third-order valence-electron chi connectivity index (χ3n) is 4.48. The zero-order chi connectivity index (χ0) is 21.6. The first-order valence-electron chi connectivity index (χ1n) is 9.42. The van der Waals surface area contributed by atoms with E-state index in [2.05, 4.69) is 15.5 Å². The summed E-state index contributed by atoms with van der Waals surface area (Å²) >= 11 is 8.62. The second kappa shape index (κ2) is 10.0. The molecule has 31 heavy (non-hydrogen) atoms. The smallest absolute Gasteiger partial charge is 0.230 e. The largest absolute Gasteiger partial charge is 0.300 e. The molecule has 1 heterocycles. The van der Waals surface area contributed by atoms with E-state index in [1.54, 1.807) is 12.1 Å². The number of carbonyl (C=O) groups excluding carboxylic acids is 1. The predicted molar refractivity (Wildman–Crippen MR) is 125 cm³/mol. The summed E-state index contributed by atoms with van der Waals surface area (Å²) in [5.41, 5.74) is 3.57. The van der Waals surface area contributed by atoms with Gasteiger partial charge in [0.15, 0.2) is 4.34 Å². The number of nitrogens with zero attached hydrogens (tertiary/aromatic N) is 2. The molecular weight excluding hydrogens is 453 g/mol. The maximum Gasteiger partial charge on any atom is 0.230 e. The lowest BCUT2D eigenvalue weighted by atomic mass is 10.0. The van der Waals surface area contributed by atoms with E-state index in [4.69, 9.17) is 11.6 Å². The zero-order valence-electron chi connectivity index (χ0n) is 16.2. The van der Waals surface area contributed by atoms with Gasteiger partial charge in [-0.2, -0.15) is 0 Å². The van der Waals surface area contributed by atoms with Crippen LogP contribution in [0.5, 0.6) is 0 Å². The lowest BCUT2D eigenvalue weighted by Gasteiger charge is -2.05. The molecule has 0 spiro atoms. The van der Waals surface area contributed by atoms with Gasteiger partial charge in [-0.1, -0.05) is 95.4 Å². The lowest BCUT2D eigenvalue weighted by Crippen LogP contribution is -2.14. The Morgan fingerprint density at radius 3 is 2.45 bits per heavy atom. The van der Waals surface area contributed by atoms with Gasteiger partial charge in [-0.15, -0.1) is 10.2 Å². The number of thioether (sulfide) groups is 1. The van der Waals surface area contributed by atoms with E-state index in [-0.39, 0.29) is 18.1 Å². The fraction of sp³-hybridized carbons (Fsp3) is 0.0870. The van der Waals surface area contributed by atoms with E-state index in [9.17, 15) is 9.18 Å². The first-order valence-corrected chi connectivity index (χ1v) is 11.6. The molecule has 0 fully saturated rings. The van der Waals surface area contributed by atoms with E-state index in [0.717, 1.165) is 16.7 Å². The van der Waals surface area contributed by atoms with Crippen molar-refractivity contribution in [3.63, 3.8) is 0 Å². The quantitative estimate of drug-likeness (QED) is 0.249. The standard InChI is InChI=1S/C23H17ClFN3OS2/c24-19-7-4-8-20(25)18(19)14-30-23-28-27-22(31-23)26-21(29)13-15-9-11-17(12-10-15)16-5-2-1-3-6-16/h1-12H,13-14H2,(H,26,27,29). The number of nitrogens with one attached hydrogen (secondary N) is 1. The van der Waals surface area contributed by atoms with Gasteiger partial charge >= 0.3 is 0 Å². The number of amides is 1. The molecule has 4 aromatic rings. The Hall–Kier alpha value is -2.74. The molecule has 0 aliphatic rings. The van der Waals surface area contributed by atoms with Crippen molar-refractivity contribution in [2.45, 2.75) is 16.5 Å². The van der Waals surface area contributed by atoms with Crippen molar-refractivity contribution in [2.24, 2.45) is 0 Å². The number of anilines is 1. The van der Waals surface area contributed by atoms with Crippen molar-refractivity contribution in [3.8, 4) is 11.1 Å². The summed E-state index contributed by atoms with van der Waals surface area (Å²) in [5.74, 6) is -0.185. The summed E-state index contributed by atoms with van der Waals surface area (Å²) in [5, 5.41) is 11.6. The topological polar surface area (TPSA) is 54.9 Å². The second-order valence-electron chi connectivity index (χ2n) is 6.65. The van der Waals surface area contributed by atoms with Crippen LogP contribution in [-0.2, 0) is 17.0 Å². The molecule has 156 valence electrons. The molecule has 0 aliphatic carbocycles. The van der Waals surface area contributed by atoms with Gasteiger partial charge in [-0.25, -0.2) is 4.39 Å². The molecule has 4 rings (SSSR count). The van der Waals surface area contributed by atoms with E-state index in [1.807, 2.05) is 54.6 Å². The van der Waals surface area contributed by atoms with Gasteiger partial charge in [0.1, 0.15) is 5.82 Å². The van der Waals surface area contributed by atoms with Crippen molar-refractivity contribution in [1.29, 1.82) is 0 Å². The number of hydrogen-bond acceptors (Lipinski definition) is 5. The van der Waals surface area contributed by atoms with E-state index in [0.29, 0.717) is 25.8 Å². The molecule has 3 aromatic carbocycles. The van der Waals surface area contributed by atoms with Gasteiger partial charge in [-0.3, -0.25) is 4.79 Å². The fourth-order valence-electron chi connectivity index (χ4n) is 2.92. The summed E-state index contributed by atoms with van der Waals surface area (Å²) in [6.45, 7) is 0. The Morgan fingerprint density at radius 1 is 0.968 bits per heavy atom. The van der Waals surface area contributed by atoms with Crippen LogP contribution in [0.15, 0.2) is 77.1 Å². The SMILES string of the molecule is O=C(Cc1ccc(-c2ccccc2)cc1)Nc1nnc(SCc2c(F)cccc2Cl)s1. The molecule has 0 radical (unpaired) electrons. The van der Waals surface area contributed by atoms with Crippen LogP contribution in [-0.4, -0.2) is 16.1 Å². The minimum atomic E-state index is -0.351. The van der Waals surface area contributed by atoms with Crippen LogP contribution < -0.4 is 5.32 Å². The number of halogens is 2. The predicted octanol–water partition coefficient (Wildman–Crippen LogP) is 6.47. The van der Waals surface area contributed by atoms with E-state index >= 15 is 0 Å². The van der Waals surface area contributed by atoms with Gasteiger partial charge in [0.2, 0.25) is 11.0 Å². The Morgan fingerprint density at radius 2 is 1.71 bits per heavy atom. The molecule has 1 N–H and O–H groups in total. The lowest BCUT2D eigenvalue weighted by molar-refractivity contribution is -0.115. The molecule has 0 saturated heterocycles. The Kier molecular flexibility index (Phi) is 6.96. The maximum absolute atomic E-state index is 13.9. The van der Waals surface area contributed by atoms with Crippen LogP contribution >= 0.6 is 34.7 Å². The molecule has 0 bridgehead atoms. The summed E-state index contributed by atoms with van der Waals surface area (Å²) < 4.78 is 14.5. The highest BCUT2D eigenvalue weighted by Gasteiger charge is 2.12. The number of benzene rings is 3.